The highest BCUT2D eigenvalue weighted by molar-refractivity contribution is 5.52. The molecule has 0 saturated carbocycles. The van der Waals surface area contributed by atoms with Gasteiger partial charge in [0.1, 0.15) is 0 Å². The van der Waals surface area contributed by atoms with Gasteiger partial charge in [-0.05, 0) is 5.56 Å². The molecule has 1 aromatic heterocycles. The minimum Gasteiger partial charge on any atom is -0.872 e. The topological polar surface area (TPSA) is 26.9 Å². The van der Waals surface area contributed by atoms with Crippen molar-refractivity contribution in [2.45, 2.75) is 0 Å². The van der Waals surface area contributed by atoms with Crippen molar-refractivity contribution >= 4 is 12.3 Å². The van der Waals surface area contributed by atoms with E-state index in [1.54, 1.807) is 12.1 Å². The molecule has 1 heterocycles. The van der Waals surface area contributed by atoms with Crippen LogP contribution in [0.1, 0.15) is 5.56 Å². The largest absolute Gasteiger partial charge is 0.872 e. The molecule has 0 unspecified atom stereocenters. The number of pyridine rings is 1. The van der Waals surface area contributed by atoms with Crippen LogP contribution in [0.5, 0.6) is 5.75 Å². The first-order valence-corrected chi connectivity index (χ1v) is 6.76. The number of rotatable bonds is 5. The van der Waals surface area contributed by atoms with Gasteiger partial charge in [-0.1, -0.05) is 66.8 Å². The number of hydrogen-bond donors (Lipinski definition) is 0. The normalized spacial score (nSPS) is 12.2. The van der Waals surface area contributed by atoms with Gasteiger partial charge in [-0.3, -0.25) is 0 Å². The Morgan fingerprint density at radius 2 is 1.33 bits per heavy atom. The molecule has 0 bridgehead atoms. The SMILES string of the molecule is [O-]c1ccc(/C=C/C=C/C=C/C=C/[n+]2ccccc2)cc1. The Kier molecular flexibility index (Phi) is 5.77. The molecule has 0 aliphatic carbocycles. The van der Waals surface area contributed by atoms with Gasteiger partial charge in [0.05, 0.1) is 0 Å². The Morgan fingerprint density at radius 3 is 2.05 bits per heavy atom. The molecule has 2 nitrogen and oxygen atoms in total. The molecular formula is C19H17NO. The summed E-state index contributed by atoms with van der Waals surface area (Å²) in [6.07, 6.45) is 19.7. The average molecular weight is 275 g/mol. The van der Waals surface area contributed by atoms with Crippen LogP contribution in [0.15, 0.2) is 91.3 Å². The van der Waals surface area contributed by atoms with Crippen molar-refractivity contribution in [1.82, 2.24) is 0 Å². The van der Waals surface area contributed by atoms with Crippen molar-refractivity contribution in [3.8, 4) is 5.75 Å². The van der Waals surface area contributed by atoms with Gasteiger partial charge in [-0.2, -0.15) is 4.57 Å². The highest BCUT2D eigenvalue weighted by Crippen LogP contribution is 2.08. The zero-order chi connectivity index (χ0) is 14.8. The van der Waals surface area contributed by atoms with Crippen LogP contribution in [0.2, 0.25) is 0 Å². The maximum absolute atomic E-state index is 10.9. The third-order valence-corrected chi connectivity index (χ3v) is 2.72. The summed E-state index contributed by atoms with van der Waals surface area (Å²) in [5.74, 6) is 0.0358. The highest BCUT2D eigenvalue weighted by atomic mass is 16.3. The van der Waals surface area contributed by atoms with E-state index in [2.05, 4.69) is 0 Å². The van der Waals surface area contributed by atoms with Crippen molar-refractivity contribution < 1.29 is 9.67 Å². The van der Waals surface area contributed by atoms with E-state index >= 15 is 0 Å². The van der Waals surface area contributed by atoms with Crippen LogP contribution in [0.3, 0.4) is 0 Å². The van der Waals surface area contributed by atoms with Crippen LogP contribution in [0.25, 0.3) is 12.3 Å². The number of nitrogens with zero attached hydrogens (tertiary/aromatic N) is 1. The molecule has 0 atom stereocenters. The van der Waals surface area contributed by atoms with E-state index in [9.17, 15) is 5.11 Å². The highest BCUT2D eigenvalue weighted by Gasteiger charge is 1.86. The summed E-state index contributed by atoms with van der Waals surface area (Å²) >= 11 is 0. The van der Waals surface area contributed by atoms with Gasteiger partial charge in [0.2, 0.25) is 0 Å². The number of allylic oxidation sites excluding steroid dienone is 6. The Hall–Kier alpha value is -2.87. The van der Waals surface area contributed by atoms with Gasteiger partial charge < -0.3 is 5.11 Å². The summed E-state index contributed by atoms with van der Waals surface area (Å²) < 4.78 is 1.98. The molecule has 0 fully saturated rings. The lowest BCUT2D eigenvalue weighted by Gasteiger charge is -2.02. The van der Waals surface area contributed by atoms with Crippen LogP contribution in [0.4, 0.5) is 0 Å². The van der Waals surface area contributed by atoms with Crippen LogP contribution in [-0.4, -0.2) is 0 Å². The lowest BCUT2D eigenvalue weighted by atomic mass is 10.2. The van der Waals surface area contributed by atoms with Crippen molar-refractivity contribution in [2.75, 3.05) is 0 Å². The molecule has 0 N–H and O–H groups in total. The zero-order valence-electron chi connectivity index (χ0n) is 11.7. The van der Waals surface area contributed by atoms with Gasteiger partial charge >= 0.3 is 0 Å². The molecule has 1 aromatic carbocycles. The summed E-state index contributed by atoms with van der Waals surface area (Å²) in [4.78, 5) is 0. The Bertz CT molecular complexity index is 650. The monoisotopic (exact) mass is 275 g/mol. The Balaban J connectivity index is 1.78. The molecule has 0 spiro atoms. The second-order valence-electron chi connectivity index (χ2n) is 4.36. The average Bonchev–Trinajstić information content (AvgIpc) is 2.53. The van der Waals surface area contributed by atoms with E-state index in [4.69, 9.17) is 0 Å². The molecule has 0 saturated heterocycles. The molecule has 0 aliphatic rings. The third kappa shape index (κ3) is 5.74. The predicted molar refractivity (Wildman–Crippen MR) is 85.2 cm³/mol. The molecule has 2 heteroatoms. The first-order valence-electron chi connectivity index (χ1n) is 6.76. The second kappa shape index (κ2) is 8.33. The maximum Gasteiger partial charge on any atom is 0.174 e. The minimum absolute atomic E-state index is 0.0358. The lowest BCUT2D eigenvalue weighted by molar-refractivity contribution is -0.568. The maximum atomic E-state index is 10.9. The number of benzene rings is 1. The summed E-state index contributed by atoms with van der Waals surface area (Å²) in [5, 5.41) is 10.9. The predicted octanol–water partition coefficient (Wildman–Crippen LogP) is 3.34. The fraction of sp³-hybridized carbons (Fsp3) is 0. The first kappa shape index (κ1) is 14.5. The Morgan fingerprint density at radius 1 is 0.714 bits per heavy atom. The smallest absolute Gasteiger partial charge is 0.174 e. The van der Waals surface area contributed by atoms with Gasteiger partial charge in [-0.25, -0.2) is 0 Å². The molecule has 2 aromatic rings. The summed E-state index contributed by atoms with van der Waals surface area (Å²) in [5.41, 5.74) is 1.02. The van der Waals surface area contributed by atoms with E-state index < -0.39 is 0 Å². The first-order chi connectivity index (χ1) is 10.3. The van der Waals surface area contributed by atoms with E-state index in [0.29, 0.717) is 0 Å². The van der Waals surface area contributed by atoms with Crippen LogP contribution >= 0.6 is 0 Å². The summed E-state index contributed by atoms with van der Waals surface area (Å²) in [7, 11) is 0. The fourth-order valence-corrected chi connectivity index (χ4v) is 1.66. The summed E-state index contributed by atoms with van der Waals surface area (Å²) in [6.45, 7) is 0. The second-order valence-corrected chi connectivity index (χ2v) is 4.36. The molecule has 104 valence electrons. The van der Waals surface area contributed by atoms with Crippen molar-refractivity contribution in [3.63, 3.8) is 0 Å². The summed E-state index contributed by atoms with van der Waals surface area (Å²) in [6, 6.07) is 12.7. The molecule has 2 rings (SSSR count). The fourth-order valence-electron chi connectivity index (χ4n) is 1.66. The van der Waals surface area contributed by atoms with E-state index in [-0.39, 0.29) is 5.75 Å². The van der Waals surface area contributed by atoms with E-state index in [1.807, 2.05) is 96.0 Å². The van der Waals surface area contributed by atoms with Crippen LogP contribution in [-0.2, 0) is 0 Å². The van der Waals surface area contributed by atoms with Crippen molar-refractivity contribution in [1.29, 1.82) is 0 Å². The third-order valence-electron chi connectivity index (χ3n) is 2.72. The lowest BCUT2D eigenvalue weighted by Crippen LogP contribution is -2.23. The molecule has 0 radical (unpaired) electrons. The van der Waals surface area contributed by atoms with E-state index in [0.717, 1.165) is 5.56 Å². The van der Waals surface area contributed by atoms with Gasteiger partial charge in [-0.15, -0.1) is 5.75 Å². The van der Waals surface area contributed by atoms with Gasteiger partial charge in [0.25, 0.3) is 0 Å². The Labute approximate surface area is 125 Å². The van der Waals surface area contributed by atoms with Crippen LogP contribution in [0, 0.1) is 0 Å². The van der Waals surface area contributed by atoms with E-state index in [1.165, 1.54) is 0 Å². The van der Waals surface area contributed by atoms with Crippen molar-refractivity contribution in [2.24, 2.45) is 0 Å². The van der Waals surface area contributed by atoms with Crippen LogP contribution < -0.4 is 9.67 Å². The molecular weight excluding hydrogens is 258 g/mol. The zero-order valence-corrected chi connectivity index (χ0v) is 11.7. The molecule has 21 heavy (non-hydrogen) atoms. The number of hydrogen-bond acceptors (Lipinski definition) is 1. The van der Waals surface area contributed by atoms with Gasteiger partial charge in [0, 0.05) is 18.2 Å². The van der Waals surface area contributed by atoms with Crippen molar-refractivity contribution in [3.05, 3.63) is 96.9 Å². The van der Waals surface area contributed by atoms with Gasteiger partial charge in [0.15, 0.2) is 18.6 Å². The standard InChI is InChI=1S/C19H17NO/c21-19-13-11-18(12-14-19)10-6-3-1-2-4-7-15-20-16-8-5-9-17-20/h1-17H/b3-1+,4-2+,10-6+,15-7+. The minimum atomic E-state index is 0.0358. The quantitative estimate of drug-likeness (QED) is 0.607. The molecule has 0 aliphatic heterocycles. The number of aromatic nitrogens is 1. The molecule has 0 amide bonds.